The topological polar surface area (TPSA) is 104 Å². The molecule has 0 fully saturated rings. The molecule has 1 unspecified atom stereocenters. The van der Waals surface area contributed by atoms with Crippen LogP contribution < -0.4 is 20.4 Å². The molecule has 3 rings (SSSR count). The van der Waals surface area contributed by atoms with Crippen LogP contribution in [-0.2, 0) is 9.53 Å². The van der Waals surface area contributed by atoms with Gasteiger partial charge in [0, 0.05) is 16.8 Å². The Balaban J connectivity index is 1.82. The number of carbonyl (C=O) groups excluding carboxylic acids is 2. The fourth-order valence-corrected chi connectivity index (χ4v) is 2.83. The molecule has 158 valence electrons. The van der Waals surface area contributed by atoms with Crippen molar-refractivity contribution in [1.29, 1.82) is 0 Å². The van der Waals surface area contributed by atoms with Crippen LogP contribution in [0.5, 0.6) is 11.5 Å². The quantitative estimate of drug-likeness (QED) is 0.300. The van der Waals surface area contributed by atoms with Crippen LogP contribution in [0.3, 0.4) is 0 Å². The van der Waals surface area contributed by atoms with E-state index in [1.165, 1.54) is 20.1 Å². The molecule has 0 aliphatic carbocycles. The maximum Gasteiger partial charge on any atom is 0.408 e. The smallest absolute Gasteiger partial charge is 0.408 e. The van der Waals surface area contributed by atoms with Crippen LogP contribution in [0.4, 0.5) is 4.79 Å². The zero-order chi connectivity index (χ0) is 22.1. The third-order valence-electron chi connectivity index (χ3n) is 4.20. The number of hydrogen-bond acceptors (Lipinski definition) is 7. The molecule has 1 atom stereocenters. The lowest BCUT2D eigenvalue weighted by atomic mass is 10.1. The molecule has 0 radical (unpaired) electrons. The van der Waals surface area contributed by atoms with Crippen molar-refractivity contribution >= 4 is 33.8 Å². The number of esters is 1. The van der Waals surface area contributed by atoms with E-state index in [1.54, 1.807) is 51.1 Å². The summed E-state index contributed by atoms with van der Waals surface area (Å²) in [5.41, 5.74) is -0.938. The highest BCUT2D eigenvalue weighted by Crippen LogP contribution is 2.28. The molecule has 1 amide bonds. The van der Waals surface area contributed by atoms with Crippen molar-refractivity contribution < 1.29 is 28.2 Å². The van der Waals surface area contributed by atoms with E-state index in [4.69, 9.17) is 18.6 Å². The summed E-state index contributed by atoms with van der Waals surface area (Å²) in [6.07, 6.45) is -0.724. The lowest BCUT2D eigenvalue weighted by Gasteiger charge is -2.21. The molecule has 0 saturated carbocycles. The first-order valence-corrected chi connectivity index (χ1v) is 9.33. The van der Waals surface area contributed by atoms with Crippen LogP contribution in [-0.4, -0.2) is 30.8 Å². The van der Waals surface area contributed by atoms with Crippen molar-refractivity contribution in [3.63, 3.8) is 0 Å². The van der Waals surface area contributed by atoms with Gasteiger partial charge in [-0.2, -0.15) is 0 Å². The molecular weight excluding hydrogens is 390 g/mol. The number of nitrogens with one attached hydrogen (secondary N) is 1. The third kappa shape index (κ3) is 4.71. The zero-order valence-electron chi connectivity index (χ0n) is 17.4. The van der Waals surface area contributed by atoms with E-state index in [1.807, 2.05) is 0 Å². The van der Waals surface area contributed by atoms with E-state index >= 15 is 0 Å². The van der Waals surface area contributed by atoms with Gasteiger partial charge in [-0.1, -0.05) is 0 Å². The molecule has 2 aromatic carbocycles. The molecule has 8 nitrogen and oxygen atoms in total. The molecule has 0 bridgehead atoms. The lowest BCUT2D eigenvalue weighted by Crippen LogP contribution is -2.43. The van der Waals surface area contributed by atoms with E-state index in [0.717, 1.165) is 0 Å². The molecule has 0 spiro atoms. The Morgan fingerprint density at radius 3 is 2.33 bits per heavy atom. The summed E-state index contributed by atoms with van der Waals surface area (Å²) in [5.74, 6) is 0.0422. The second-order valence-corrected chi connectivity index (χ2v) is 7.75. The second-order valence-electron chi connectivity index (χ2n) is 7.75. The molecule has 0 saturated heterocycles. The average molecular weight is 413 g/mol. The first-order chi connectivity index (χ1) is 14.1. The molecule has 0 aliphatic rings. The largest absolute Gasteiger partial charge is 0.497 e. The number of rotatable bonds is 4. The first-order valence-electron chi connectivity index (χ1n) is 9.33. The molecule has 30 heavy (non-hydrogen) atoms. The minimum absolute atomic E-state index is 0.182. The van der Waals surface area contributed by atoms with Gasteiger partial charge in [0.25, 0.3) is 0 Å². The summed E-state index contributed by atoms with van der Waals surface area (Å²) >= 11 is 0. The van der Waals surface area contributed by atoms with Crippen molar-refractivity contribution in [3.8, 4) is 11.5 Å². The summed E-state index contributed by atoms with van der Waals surface area (Å²) < 4.78 is 21.0. The molecule has 1 N–H and O–H groups in total. The highest BCUT2D eigenvalue weighted by Gasteiger charge is 2.22. The highest BCUT2D eigenvalue weighted by molar-refractivity contribution is 6.05. The van der Waals surface area contributed by atoms with Crippen molar-refractivity contribution in [2.45, 2.75) is 39.3 Å². The van der Waals surface area contributed by atoms with Crippen molar-refractivity contribution in [1.82, 2.24) is 5.32 Å². The van der Waals surface area contributed by atoms with Gasteiger partial charge in [-0.05, 0) is 58.0 Å². The van der Waals surface area contributed by atoms with E-state index in [2.05, 4.69) is 5.32 Å². The van der Waals surface area contributed by atoms with Gasteiger partial charge in [-0.15, -0.1) is 0 Å². The van der Waals surface area contributed by atoms with Crippen LogP contribution >= 0.6 is 0 Å². The van der Waals surface area contributed by atoms with Crippen LogP contribution in [0, 0.1) is 0 Å². The SMILES string of the molecule is COc1ccc2c(c1)c(=O)oc1cc(OC(=O)C(C)NC(=O)OC(C)(C)C)ccc12. The first kappa shape index (κ1) is 21.2. The van der Waals surface area contributed by atoms with Crippen molar-refractivity contribution in [2.24, 2.45) is 0 Å². The molecule has 1 aromatic heterocycles. The van der Waals surface area contributed by atoms with Gasteiger partial charge in [0.15, 0.2) is 0 Å². The maximum atomic E-state index is 12.3. The Morgan fingerprint density at radius 1 is 1.00 bits per heavy atom. The molecule has 3 aromatic rings. The monoisotopic (exact) mass is 413 g/mol. The minimum Gasteiger partial charge on any atom is -0.497 e. The van der Waals surface area contributed by atoms with Gasteiger partial charge in [0.2, 0.25) is 0 Å². The van der Waals surface area contributed by atoms with Gasteiger partial charge in [-0.25, -0.2) is 14.4 Å². The van der Waals surface area contributed by atoms with E-state index in [0.29, 0.717) is 21.9 Å². The van der Waals surface area contributed by atoms with E-state index in [9.17, 15) is 14.4 Å². The summed E-state index contributed by atoms with van der Waals surface area (Å²) in [6.45, 7) is 6.64. The van der Waals surface area contributed by atoms with Gasteiger partial charge in [0.05, 0.1) is 12.5 Å². The Morgan fingerprint density at radius 2 is 1.67 bits per heavy atom. The fraction of sp³-hybridized carbons (Fsp3) is 0.318. The minimum atomic E-state index is -0.938. The number of alkyl carbamates (subject to hydrolysis) is 1. The molecule has 8 heteroatoms. The molecule has 0 aliphatic heterocycles. The predicted molar refractivity (Wildman–Crippen MR) is 111 cm³/mol. The maximum absolute atomic E-state index is 12.3. The Kier molecular flexibility index (Phi) is 5.69. The highest BCUT2D eigenvalue weighted by atomic mass is 16.6. The summed E-state index contributed by atoms with van der Waals surface area (Å²) in [4.78, 5) is 36.5. The van der Waals surface area contributed by atoms with Gasteiger partial charge >= 0.3 is 17.7 Å². The molecule has 1 heterocycles. The van der Waals surface area contributed by atoms with E-state index in [-0.39, 0.29) is 11.3 Å². The normalized spacial score (nSPS) is 12.4. The summed E-state index contributed by atoms with van der Waals surface area (Å²) in [5, 5.41) is 4.19. The Labute approximate surface area is 172 Å². The summed E-state index contributed by atoms with van der Waals surface area (Å²) in [7, 11) is 1.52. The number of carbonyl (C=O) groups is 2. The number of ether oxygens (including phenoxy) is 3. The van der Waals surface area contributed by atoms with Crippen LogP contribution in [0.15, 0.2) is 45.6 Å². The van der Waals surface area contributed by atoms with Crippen molar-refractivity contribution in [2.75, 3.05) is 7.11 Å². The number of benzene rings is 2. The van der Waals surface area contributed by atoms with Gasteiger partial charge in [-0.3, -0.25) is 0 Å². The van der Waals surface area contributed by atoms with Crippen LogP contribution in [0.25, 0.3) is 21.7 Å². The fourth-order valence-electron chi connectivity index (χ4n) is 2.83. The second kappa shape index (κ2) is 8.06. The van der Waals surface area contributed by atoms with Gasteiger partial charge < -0.3 is 23.9 Å². The number of methoxy groups -OCH3 is 1. The zero-order valence-corrected chi connectivity index (χ0v) is 17.4. The molecular formula is C22H23NO7. The number of fused-ring (bicyclic) bond motifs is 3. The van der Waals surface area contributed by atoms with Crippen molar-refractivity contribution in [3.05, 3.63) is 46.8 Å². The van der Waals surface area contributed by atoms with Crippen LogP contribution in [0.2, 0.25) is 0 Å². The Hall–Kier alpha value is -3.55. The average Bonchev–Trinajstić information content (AvgIpc) is 2.66. The lowest BCUT2D eigenvalue weighted by molar-refractivity contribution is -0.136. The van der Waals surface area contributed by atoms with Gasteiger partial charge in [0.1, 0.15) is 28.7 Å². The predicted octanol–water partition coefficient (Wildman–Crippen LogP) is 3.77. The number of hydrogen-bond donors (Lipinski definition) is 1. The Bertz CT molecular complexity index is 1170. The standard InChI is InChI=1S/C22H23NO7/c1-12(23-21(26)30-22(2,3)4)19(24)28-14-7-9-16-15-8-6-13(27-5)10-17(15)20(25)29-18(16)11-14/h6-12H,1-5H3,(H,23,26). The van der Waals surface area contributed by atoms with E-state index < -0.39 is 29.3 Å². The number of amides is 1. The summed E-state index contributed by atoms with van der Waals surface area (Å²) in [6, 6.07) is 8.93. The van der Waals surface area contributed by atoms with Crippen LogP contribution in [0.1, 0.15) is 27.7 Å². The third-order valence-corrected chi connectivity index (χ3v) is 4.20.